The van der Waals surface area contributed by atoms with Gasteiger partial charge in [-0.05, 0) is 16.3 Å². The lowest BCUT2D eigenvalue weighted by atomic mass is 10.0. The fourth-order valence-electron chi connectivity index (χ4n) is 1.69. The summed E-state index contributed by atoms with van der Waals surface area (Å²) in [7, 11) is 1.68. The van der Waals surface area contributed by atoms with E-state index < -0.39 is 9.05 Å². The van der Waals surface area contributed by atoms with E-state index in [0.717, 1.165) is 16.3 Å². The monoisotopic (exact) mass is 266 g/mol. The SMILES string of the molecule is O=S(=O)(Cl)CC=Cc1cccc2ccccc12. The van der Waals surface area contributed by atoms with Crippen LogP contribution in [0, 0.1) is 0 Å². The Bertz CT molecular complexity index is 655. The second-order valence-corrected chi connectivity index (χ2v) is 6.50. The summed E-state index contributed by atoms with van der Waals surface area (Å²) in [4.78, 5) is 0. The zero-order chi connectivity index (χ0) is 12.3. The van der Waals surface area contributed by atoms with Crippen molar-refractivity contribution in [3.05, 3.63) is 54.1 Å². The first-order valence-electron chi connectivity index (χ1n) is 5.13. The summed E-state index contributed by atoms with van der Waals surface area (Å²) in [5.41, 5.74) is 0.989. The van der Waals surface area contributed by atoms with Crippen molar-refractivity contribution in [3.8, 4) is 0 Å². The maximum absolute atomic E-state index is 10.8. The average molecular weight is 267 g/mol. The molecule has 0 aliphatic heterocycles. The fourth-order valence-corrected chi connectivity index (χ4v) is 2.23. The van der Waals surface area contributed by atoms with Crippen molar-refractivity contribution in [3.63, 3.8) is 0 Å². The number of rotatable bonds is 3. The van der Waals surface area contributed by atoms with E-state index in [-0.39, 0.29) is 5.75 Å². The Hall–Kier alpha value is -1.32. The maximum Gasteiger partial charge on any atom is 0.236 e. The minimum atomic E-state index is -3.46. The smallest absolute Gasteiger partial charge is 0.212 e. The highest BCUT2D eigenvalue weighted by atomic mass is 35.7. The third-order valence-corrected chi connectivity index (χ3v) is 3.38. The first-order chi connectivity index (χ1) is 8.06. The molecule has 0 radical (unpaired) electrons. The first-order valence-corrected chi connectivity index (χ1v) is 7.61. The van der Waals surface area contributed by atoms with Crippen LogP contribution in [0.3, 0.4) is 0 Å². The Morgan fingerprint density at radius 1 is 1.06 bits per heavy atom. The van der Waals surface area contributed by atoms with Crippen molar-refractivity contribution in [2.24, 2.45) is 0 Å². The Balaban J connectivity index is 2.36. The standard InChI is InChI=1S/C13H11ClO2S/c14-17(15,16)10-4-8-12-7-3-6-11-5-1-2-9-13(11)12/h1-9H,10H2. The predicted molar refractivity (Wildman–Crippen MR) is 72.6 cm³/mol. The molecule has 0 heterocycles. The average Bonchev–Trinajstić information content (AvgIpc) is 2.28. The number of fused-ring (bicyclic) bond motifs is 1. The Labute approximate surface area is 105 Å². The summed E-state index contributed by atoms with van der Waals surface area (Å²) < 4.78 is 21.6. The van der Waals surface area contributed by atoms with Gasteiger partial charge < -0.3 is 0 Å². The molecule has 0 amide bonds. The first kappa shape index (κ1) is 12.1. The van der Waals surface area contributed by atoms with Crippen molar-refractivity contribution in [2.75, 3.05) is 5.75 Å². The zero-order valence-corrected chi connectivity index (χ0v) is 10.6. The van der Waals surface area contributed by atoms with E-state index in [1.165, 1.54) is 0 Å². The molecule has 0 unspecified atom stereocenters. The van der Waals surface area contributed by atoms with Crippen molar-refractivity contribution in [1.29, 1.82) is 0 Å². The molecule has 4 heteroatoms. The van der Waals surface area contributed by atoms with Gasteiger partial charge in [0.25, 0.3) is 0 Å². The largest absolute Gasteiger partial charge is 0.236 e. The number of hydrogen-bond donors (Lipinski definition) is 0. The molecule has 0 saturated carbocycles. The Kier molecular flexibility index (Phi) is 3.50. The lowest BCUT2D eigenvalue weighted by molar-refractivity contribution is 0.612. The van der Waals surface area contributed by atoms with Crippen LogP contribution in [-0.4, -0.2) is 14.2 Å². The van der Waals surface area contributed by atoms with Gasteiger partial charge in [0, 0.05) is 10.7 Å². The lowest BCUT2D eigenvalue weighted by Crippen LogP contribution is -1.91. The molecule has 0 atom stereocenters. The van der Waals surface area contributed by atoms with Gasteiger partial charge in [-0.2, -0.15) is 0 Å². The summed E-state index contributed by atoms with van der Waals surface area (Å²) >= 11 is 0. The van der Waals surface area contributed by atoms with Gasteiger partial charge in [-0.1, -0.05) is 54.6 Å². The Morgan fingerprint density at radius 3 is 2.53 bits per heavy atom. The zero-order valence-electron chi connectivity index (χ0n) is 9.01. The number of hydrogen-bond acceptors (Lipinski definition) is 2. The molecular weight excluding hydrogens is 256 g/mol. The second-order valence-electron chi connectivity index (χ2n) is 3.68. The van der Waals surface area contributed by atoms with Crippen LogP contribution < -0.4 is 0 Å². The molecule has 2 rings (SSSR count). The second kappa shape index (κ2) is 4.90. The third-order valence-electron chi connectivity index (χ3n) is 2.42. The molecule has 0 fully saturated rings. The van der Waals surface area contributed by atoms with Crippen LogP contribution in [0.2, 0.25) is 0 Å². The van der Waals surface area contributed by atoms with Gasteiger partial charge in [0.1, 0.15) is 0 Å². The summed E-state index contributed by atoms with van der Waals surface area (Å²) in [6.45, 7) is 0. The van der Waals surface area contributed by atoms with Crippen LogP contribution >= 0.6 is 10.7 Å². The van der Waals surface area contributed by atoms with E-state index >= 15 is 0 Å². The van der Waals surface area contributed by atoms with Crippen LogP contribution in [0.15, 0.2) is 48.5 Å². The van der Waals surface area contributed by atoms with Gasteiger partial charge in [0.05, 0.1) is 5.75 Å². The summed E-state index contributed by atoms with van der Waals surface area (Å²) in [5, 5.41) is 2.22. The highest BCUT2D eigenvalue weighted by molar-refractivity contribution is 8.13. The van der Waals surface area contributed by atoms with Crippen molar-refractivity contribution in [2.45, 2.75) is 0 Å². The minimum absolute atomic E-state index is 0.155. The molecule has 0 spiro atoms. The normalized spacial score (nSPS) is 12.3. The number of halogens is 1. The van der Waals surface area contributed by atoms with Gasteiger partial charge in [0.15, 0.2) is 0 Å². The van der Waals surface area contributed by atoms with Gasteiger partial charge in [-0.25, -0.2) is 8.42 Å². The fraction of sp³-hybridized carbons (Fsp3) is 0.0769. The maximum atomic E-state index is 10.8. The van der Waals surface area contributed by atoms with Gasteiger partial charge in [0.2, 0.25) is 9.05 Å². The molecule has 0 bridgehead atoms. The van der Waals surface area contributed by atoms with Gasteiger partial charge in [-0.3, -0.25) is 0 Å². The van der Waals surface area contributed by atoms with Crippen LogP contribution in [-0.2, 0) is 9.05 Å². The van der Waals surface area contributed by atoms with Crippen LogP contribution in [0.1, 0.15) is 5.56 Å². The van der Waals surface area contributed by atoms with E-state index in [1.54, 1.807) is 12.2 Å². The summed E-state index contributed by atoms with van der Waals surface area (Å²) in [6, 6.07) is 13.9. The molecule has 0 N–H and O–H groups in total. The molecular formula is C13H11ClO2S. The Morgan fingerprint density at radius 2 is 1.76 bits per heavy atom. The van der Waals surface area contributed by atoms with Crippen LogP contribution in [0.5, 0.6) is 0 Å². The predicted octanol–water partition coefficient (Wildman–Crippen LogP) is 3.42. The van der Waals surface area contributed by atoms with E-state index in [2.05, 4.69) is 0 Å². The molecule has 2 aromatic carbocycles. The molecule has 0 saturated heterocycles. The molecule has 2 nitrogen and oxygen atoms in total. The van der Waals surface area contributed by atoms with Gasteiger partial charge in [-0.15, -0.1) is 0 Å². The quantitative estimate of drug-likeness (QED) is 0.798. The molecule has 0 aromatic heterocycles. The molecule has 2 aromatic rings. The van der Waals surface area contributed by atoms with Crippen LogP contribution in [0.25, 0.3) is 16.8 Å². The van der Waals surface area contributed by atoms with Crippen molar-refractivity contribution < 1.29 is 8.42 Å². The molecule has 88 valence electrons. The summed E-state index contributed by atoms with van der Waals surface area (Å²) in [5.74, 6) is -0.155. The molecule has 17 heavy (non-hydrogen) atoms. The van der Waals surface area contributed by atoms with Crippen LogP contribution in [0.4, 0.5) is 0 Å². The topological polar surface area (TPSA) is 34.1 Å². The summed E-state index contributed by atoms with van der Waals surface area (Å²) in [6.07, 6.45) is 3.34. The van der Waals surface area contributed by atoms with E-state index in [1.807, 2.05) is 42.5 Å². The third kappa shape index (κ3) is 3.32. The van der Waals surface area contributed by atoms with Gasteiger partial charge >= 0.3 is 0 Å². The minimum Gasteiger partial charge on any atom is -0.212 e. The van der Waals surface area contributed by atoms with E-state index in [4.69, 9.17) is 10.7 Å². The molecule has 0 aliphatic carbocycles. The van der Waals surface area contributed by atoms with Crippen molar-refractivity contribution in [1.82, 2.24) is 0 Å². The van der Waals surface area contributed by atoms with E-state index in [0.29, 0.717) is 0 Å². The number of benzene rings is 2. The lowest BCUT2D eigenvalue weighted by Gasteiger charge is -2.01. The highest BCUT2D eigenvalue weighted by Crippen LogP contribution is 2.19. The van der Waals surface area contributed by atoms with E-state index in [9.17, 15) is 8.42 Å². The highest BCUT2D eigenvalue weighted by Gasteiger charge is 2.01. The van der Waals surface area contributed by atoms with Crippen molar-refractivity contribution >= 4 is 36.6 Å². The molecule has 0 aliphatic rings.